The predicted octanol–water partition coefficient (Wildman–Crippen LogP) is 3.02. The third kappa shape index (κ3) is 4.54. The highest BCUT2D eigenvalue weighted by Crippen LogP contribution is 2.23. The van der Waals surface area contributed by atoms with E-state index in [4.69, 9.17) is 0 Å². The lowest BCUT2D eigenvalue weighted by Crippen LogP contribution is -2.35. The molecule has 3 heterocycles. The molecule has 0 aliphatic carbocycles. The fraction of sp³-hybridized carbons (Fsp3) is 0.550. The number of hydrogen-bond acceptors (Lipinski definition) is 6. The van der Waals surface area contributed by atoms with Crippen molar-refractivity contribution in [3.63, 3.8) is 0 Å². The molecule has 0 saturated carbocycles. The lowest BCUT2D eigenvalue weighted by Gasteiger charge is -2.23. The SMILES string of the molecule is CCc1ccc(NC(=O)c2nnc(CN3CCC(N4CCCC4)C3)s2)cc1. The van der Waals surface area contributed by atoms with Crippen molar-refractivity contribution in [2.75, 3.05) is 31.5 Å². The van der Waals surface area contributed by atoms with Gasteiger partial charge in [0.05, 0.1) is 6.54 Å². The Labute approximate surface area is 164 Å². The molecule has 0 bridgehead atoms. The summed E-state index contributed by atoms with van der Waals surface area (Å²) in [5.74, 6) is -0.181. The molecule has 144 valence electrons. The van der Waals surface area contributed by atoms with Crippen LogP contribution in [0.3, 0.4) is 0 Å². The molecule has 2 aliphatic heterocycles. The molecular weight excluding hydrogens is 358 g/mol. The van der Waals surface area contributed by atoms with Gasteiger partial charge in [-0.2, -0.15) is 0 Å². The van der Waals surface area contributed by atoms with Crippen LogP contribution in [0.4, 0.5) is 5.69 Å². The molecule has 2 aromatic rings. The first-order chi connectivity index (χ1) is 13.2. The maximum absolute atomic E-state index is 12.4. The van der Waals surface area contributed by atoms with Crippen LogP contribution in [-0.4, -0.2) is 58.1 Å². The van der Waals surface area contributed by atoms with E-state index < -0.39 is 0 Å². The topological polar surface area (TPSA) is 61.4 Å². The Bertz CT molecular complexity index is 769. The molecule has 1 aromatic carbocycles. The molecule has 1 unspecified atom stereocenters. The Hall–Kier alpha value is -1.83. The van der Waals surface area contributed by atoms with Gasteiger partial charge in [-0.05, 0) is 56.5 Å². The predicted molar refractivity (Wildman–Crippen MR) is 108 cm³/mol. The molecule has 7 heteroatoms. The minimum atomic E-state index is -0.181. The van der Waals surface area contributed by atoms with Crippen LogP contribution in [-0.2, 0) is 13.0 Å². The fourth-order valence-electron chi connectivity index (χ4n) is 3.97. The van der Waals surface area contributed by atoms with Crippen molar-refractivity contribution >= 4 is 22.9 Å². The number of nitrogens with one attached hydrogen (secondary N) is 1. The van der Waals surface area contributed by atoms with Crippen molar-refractivity contribution < 1.29 is 4.79 Å². The first kappa shape index (κ1) is 18.5. The van der Waals surface area contributed by atoms with Crippen LogP contribution in [0.25, 0.3) is 0 Å². The summed E-state index contributed by atoms with van der Waals surface area (Å²) in [6.07, 6.45) is 4.90. The van der Waals surface area contributed by atoms with Crippen LogP contribution in [0.5, 0.6) is 0 Å². The van der Waals surface area contributed by atoms with Gasteiger partial charge in [-0.25, -0.2) is 0 Å². The van der Waals surface area contributed by atoms with Crippen molar-refractivity contribution in [2.45, 2.75) is 45.2 Å². The van der Waals surface area contributed by atoms with E-state index >= 15 is 0 Å². The molecule has 6 nitrogen and oxygen atoms in total. The molecule has 2 saturated heterocycles. The molecule has 0 radical (unpaired) electrons. The normalized spacial score (nSPS) is 21.0. The van der Waals surface area contributed by atoms with Crippen molar-refractivity contribution in [3.05, 3.63) is 39.8 Å². The molecular formula is C20H27N5OS. The van der Waals surface area contributed by atoms with E-state index in [1.807, 2.05) is 24.3 Å². The quantitative estimate of drug-likeness (QED) is 0.828. The molecule has 27 heavy (non-hydrogen) atoms. The number of amides is 1. The summed E-state index contributed by atoms with van der Waals surface area (Å²) in [6.45, 7) is 7.61. The average molecular weight is 386 g/mol. The minimum absolute atomic E-state index is 0.181. The van der Waals surface area contributed by atoms with Gasteiger partial charge in [-0.3, -0.25) is 14.6 Å². The summed E-state index contributed by atoms with van der Waals surface area (Å²) in [5, 5.41) is 12.6. The van der Waals surface area contributed by atoms with Crippen molar-refractivity contribution in [1.82, 2.24) is 20.0 Å². The van der Waals surface area contributed by atoms with Gasteiger partial charge < -0.3 is 5.32 Å². The van der Waals surface area contributed by atoms with E-state index in [0.29, 0.717) is 11.0 Å². The van der Waals surface area contributed by atoms with Crippen LogP contribution in [0, 0.1) is 0 Å². The van der Waals surface area contributed by atoms with Gasteiger partial charge in [0.1, 0.15) is 5.01 Å². The second kappa shape index (κ2) is 8.46. The second-order valence-electron chi connectivity index (χ2n) is 7.43. The molecule has 0 spiro atoms. The van der Waals surface area contributed by atoms with E-state index in [2.05, 4.69) is 32.2 Å². The number of anilines is 1. The smallest absolute Gasteiger partial charge is 0.286 e. The Morgan fingerprint density at radius 2 is 1.96 bits per heavy atom. The largest absolute Gasteiger partial charge is 0.320 e. The van der Waals surface area contributed by atoms with E-state index in [1.165, 1.54) is 49.3 Å². The van der Waals surface area contributed by atoms with E-state index in [1.54, 1.807) is 0 Å². The third-order valence-electron chi connectivity index (χ3n) is 5.54. The molecule has 4 rings (SSSR count). The Morgan fingerprint density at radius 1 is 1.19 bits per heavy atom. The molecule has 2 aliphatic rings. The second-order valence-corrected chi connectivity index (χ2v) is 8.49. The first-order valence-electron chi connectivity index (χ1n) is 9.90. The number of nitrogens with zero attached hydrogens (tertiary/aromatic N) is 4. The zero-order chi connectivity index (χ0) is 18.6. The highest BCUT2D eigenvalue weighted by Gasteiger charge is 2.29. The summed E-state index contributed by atoms with van der Waals surface area (Å²) in [7, 11) is 0. The summed E-state index contributed by atoms with van der Waals surface area (Å²) >= 11 is 1.40. The number of carbonyl (C=O) groups is 1. The number of carbonyl (C=O) groups excluding carboxylic acids is 1. The van der Waals surface area contributed by atoms with Crippen LogP contribution >= 0.6 is 11.3 Å². The number of hydrogen-bond donors (Lipinski definition) is 1. The maximum atomic E-state index is 12.4. The van der Waals surface area contributed by atoms with Crippen LogP contribution in [0.2, 0.25) is 0 Å². The standard InChI is InChI=1S/C20H27N5OS/c1-2-15-5-7-16(8-6-15)21-19(26)20-23-22-18(27-20)14-24-12-9-17(13-24)25-10-3-4-11-25/h5-8,17H,2-4,9-14H2,1H3,(H,21,26). The summed E-state index contributed by atoms with van der Waals surface area (Å²) in [4.78, 5) is 17.5. The van der Waals surface area contributed by atoms with Crippen molar-refractivity contribution in [3.8, 4) is 0 Å². The van der Waals surface area contributed by atoms with Gasteiger partial charge in [0.2, 0.25) is 5.01 Å². The van der Waals surface area contributed by atoms with Crippen molar-refractivity contribution in [1.29, 1.82) is 0 Å². The van der Waals surface area contributed by atoms with Gasteiger partial charge in [0.15, 0.2) is 0 Å². The van der Waals surface area contributed by atoms with Crippen LogP contribution < -0.4 is 5.32 Å². The number of rotatable bonds is 6. The van der Waals surface area contributed by atoms with Crippen LogP contribution in [0.1, 0.15) is 46.6 Å². The highest BCUT2D eigenvalue weighted by atomic mass is 32.1. The first-order valence-corrected chi connectivity index (χ1v) is 10.7. The third-order valence-corrected chi connectivity index (χ3v) is 6.45. The van der Waals surface area contributed by atoms with E-state index in [0.717, 1.165) is 36.8 Å². The van der Waals surface area contributed by atoms with Crippen molar-refractivity contribution in [2.24, 2.45) is 0 Å². The number of likely N-dealkylation sites (tertiary alicyclic amines) is 2. The Morgan fingerprint density at radius 3 is 2.70 bits per heavy atom. The molecule has 1 atom stereocenters. The van der Waals surface area contributed by atoms with E-state index in [9.17, 15) is 4.79 Å². The molecule has 1 N–H and O–H groups in total. The Kier molecular flexibility index (Phi) is 5.80. The fourth-order valence-corrected chi connectivity index (χ4v) is 4.75. The molecule has 1 amide bonds. The van der Waals surface area contributed by atoms with Gasteiger partial charge >= 0.3 is 0 Å². The molecule has 2 fully saturated rings. The maximum Gasteiger partial charge on any atom is 0.286 e. The lowest BCUT2D eigenvalue weighted by molar-refractivity contribution is 0.102. The van der Waals surface area contributed by atoms with Gasteiger partial charge in [0, 0.05) is 24.8 Å². The summed E-state index contributed by atoms with van der Waals surface area (Å²) in [6, 6.07) is 8.62. The highest BCUT2D eigenvalue weighted by molar-refractivity contribution is 7.13. The minimum Gasteiger partial charge on any atom is -0.320 e. The summed E-state index contributed by atoms with van der Waals surface area (Å²) < 4.78 is 0. The lowest BCUT2D eigenvalue weighted by atomic mass is 10.1. The summed E-state index contributed by atoms with van der Waals surface area (Å²) in [5.41, 5.74) is 2.05. The Balaban J connectivity index is 1.30. The zero-order valence-electron chi connectivity index (χ0n) is 15.9. The number of aromatic nitrogens is 2. The van der Waals surface area contributed by atoms with E-state index in [-0.39, 0.29) is 5.91 Å². The van der Waals surface area contributed by atoms with Gasteiger partial charge in [-0.1, -0.05) is 30.4 Å². The molecule has 1 aromatic heterocycles. The monoisotopic (exact) mass is 385 g/mol. The zero-order valence-corrected chi connectivity index (χ0v) is 16.7. The van der Waals surface area contributed by atoms with Crippen LogP contribution in [0.15, 0.2) is 24.3 Å². The van der Waals surface area contributed by atoms with Gasteiger partial charge in [0.25, 0.3) is 5.91 Å². The van der Waals surface area contributed by atoms with Gasteiger partial charge in [-0.15, -0.1) is 10.2 Å². The average Bonchev–Trinajstić information content (AvgIpc) is 3.44. The number of benzene rings is 1. The number of aryl methyl sites for hydroxylation is 1.